The van der Waals surface area contributed by atoms with E-state index in [-0.39, 0.29) is 0 Å². The topological polar surface area (TPSA) is 41.0 Å². The molecule has 2 aliphatic heterocycles. The van der Waals surface area contributed by atoms with Crippen molar-refractivity contribution in [2.45, 2.75) is 26.2 Å². The highest BCUT2D eigenvalue weighted by molar-refractivity contribution is 5.39. The molecule has 3 rings (SSSR count). The zero-order valence-electron chi connectivity index (χ0n) is 10.4. The Morgan fingerprint density at radius 1 is 1.29 bits per heavy atom. The Hall–Kier alpha value is -1.16. The second-order valence-corrected chi connectivity index (χ2v) is 5.48. The lowest BCUT2D eigenvalue weighted by Crippen LogP contribution is -2.42. The summed E-state index contributed by atoms with van der Waals surface area (Å²) in [6, 6.07) is 4.14. The summed E-state index contributed by atoms with van der Waals surface area (Å²) in [6.45, 7) is 6.60. The summed E-state index contributed by atoms with van der Waals surface area (Å²) in [4.78, 5) is 2.39. The fourth-order valence-electron chi connectivity index (χ4n) is 3.07. The molecule has 3 heterocycles. The lowest BCUT2D eigenvalue weighted by Gasteiger charge is -2.33. The lowest BCUT2D eigenvalue weighted by atomic mass is 9.80. The molecule has 92 valence electrons. The predicted octanol–water partition coefficient (Wildman–Crippen LogP) is 1.36. The average Bonchev–Trinajstić information content (AvgIpc) is 2.75. The molecule has 0 amide bonds. The fraction of sp³-hybridized carbons (Fsp3) is 0.692. The molecule has 2 fully saturated rings. The van der Waals surface area contributed by atoms with Crippen molar-refractivity contribution in [3.63, 3.8) is 0 Å². The standard InChI is InChI=1S/C13H20N4/c1-11-3-4-12(16-15-11)17-8-6-13(10-17)5-2-7-14-9-13/h3-4,14H,2,5-10H2,1H3/t13-/m1/s1. The van der Waals surface area contributed by atoms with E-state index in [1.54, 1.807) is 0 Å². The van der Waals surface area contributed by atoms with E-state index in [9.17, 15) is 0 Å². The molecule has 0 unspecified atom stereocenters. The molecule has 0 aliphatic carbocycles. The van der Waals surface area contributed by atoms with E-state index in [1.165, 1.54) is 32.4 Å². The van der Waals surface area contributed by atoms with Gasteiger partial charge in [-0.1, -0.05) is 0 Å². The number of hydrogen-bond donors (Lipinski definition) is 1. The van der Waals surface area contributed by atoms with Crippen LogP contribution >= 0.6 is 0 Å². The second kappa shape index (κ2) is 4.26. The van der Waals surface area contributed by atoms with Crippen LogP contribution in [-0.4, -0.2) is 36.4 Å². The van der Waals surface area contributed by atoms with E-state index < -0.39 is 0 Å². The molecule has 1 aromatic heterocycles. The van der Waals surface area contributed by atoms with Crippen molar-refractivity contribution >= 4 is 5.82 Å². The Kier molecular flexibility index (Phi) is 2.74. The number of aromatic nitrogens is 2. The van der Waals surface area contributed by atoms with Crippen molar-refractivity contribution in [2.24, 2.45) is 5.41 Å². The highest BCUT2D eigenvalue weighted by Gasteiger charge is 2.39. The lowest BCUT2D eigenvalue weighted by molar-refractivity contribution is 0.239. The molecule has 2 saturated heterocycles. The largest absolute Gasteiger partial charge is 0.355 e. The van der Waals surface area contributed by atoms with Gasteiger partial charge in [0.15, 0.2) is 5.82 Å². The minimum Gasteiger partial charge on any atom is -0.355 e. The zero-order valence-corrected chi connectivity index (χ0v) is 10.4. The van der Waals surface area contributed by atoms with Crippen LogP contribution in [0.3, 0.4) is 0 Å². The van der Waals surface area contributed by atoms with E-state index in [0.717, 1.165) is 24.6 Å². The highest BCUT2D eigenvalue weighted by atomic mass is 15.3. The molecule has 0 radical (unpaired) electrons. The summed E-state index contributed by atoms with van der Waals surface area (Å²) in [6.07, 6.45) is 3.96. The molecule has 1 spiro atoms. The van der Waals surface area contributed by atoms with Gasteiger partial charge in [-0.15, -0.1) is 5.10 Å². The number of hydrogen-bond acceptors (Lipinski definition) is 4. The van der Waals surface area contributed by atoms with Gasteiger partial charge in [-0.2, -0.15) is 5.10 Å². The molecule has 1 aromatic rings. The molecule has 0 aromatic carbocycles. The quantitative estimate of drug-likeness (QED) is 0.794. The van der Waals surface area contributed by atoms with Gasteiger partial charge in [0, 0.05) is 25.0 Å². The third-order valence-electron chi connectivity index (χ3n) is 4.11. The summed E-state index contributed by atoms with van der Waals surface area (Å²) in [5.74, 6) is 1.04. The number of piperidine rings is 1. The molecule has 1 atom stereocenters. The average molecular weight is 232 g/mol. The van der Waals surface area contributed by atoms with Crippen molar-refractivity contribution in [3.05, 3.63) is 17.8 Å². The van der Waals surface area contributed by atoms with Crippen LogP contribution in [0.15, 0.2) is 12.1 Å². The third kappa shape index (κ3) is 2.14. The van der Waals surface area contributed by atoms with Crippen LogP contribution in [0, 0.1) is 12.3 Å². The molecule has 2 aliphatic rings. The van der Waals surface area contributed by atoms with Gasteiger partial charge in [-0.05, 0) is 44.9 Å². The zero-order chi connectivity index (χ0) is 11.7. The molecule has 4 heteroatoms. The highest BCUT2D eigenvalue weighted by Crippen LogP contribution is 2.37. The molecular formula is C13H20N4. The van der Waals surface area contributed by atoms with Crippen LogP contribution in [0.1, 0.15) is 25.0 Å². The van der Waals surface area contributed by atoms with E-state index in [1.807, 2.05) is 13.0 Å². The first kappa shape index (κ1) is 11.0. The van der Waals surface area contributed by atoms with Crippen LogP contribution in [0.2, 0.25) is 0 Å². The monoisotopic (exact) mass is 232 g/mol. The maximum absolute atomic E-state index is 4.29. The molecule has 0 bridgehead atoms. The molecular weight excluding hydrogens is 212 g/mol. The summed E-state index contributed by atoms with van der Waals surface area (Å²) < 4.78 is 0. The first-order valence-corrected chi connectivity index (χ1v) is 6.54. The number of anilines is 1. The molecule has 1 N–H and O–H groups in total. The van der Waals surface area contributed by atoms with Crippen LogP contribution < -0.4 is 10.2 Å². The Bertz CT molecular complexity index is 381. The number of rotatable bonds is 1. The third-order valence-corrected chi connectivity index (χ3v) is 4.11. The van der Waals surface area contributed by atoms with Gasteiger partial charge in [0.1, 0.15) is 0 Å². The molecule has 0 saturated carbocycles. The van der Waals surface area contributed by atoms with Gasteiger partial charge >= 0.3 is 0 Å². The minimum atomic E-state index is 0.491. The summed E-state index contributed by atoms with van der Waals surface area (Å²) >= 11 is 0. The van der Waals surface area contributed by atoms with E-state index in [4.69, 9.17) is 0 Å². The van der Waals surface area contributed by atoms with Gasteiger partial charge in [0.25, 0.3) is 0 Å². The van der Waals surface area contributed by atoms with Crippen LogP contribution in [0.5, 0.6) is 0 Å². The Morgan fingerprint density at radius 3 is 2.94 bits per heavy atom. The first-order valence-electron chi connectivity index (χ1n) is 6.54. The smallest absolute Gasteiger partial charge is 0.151 e. The van der Waals surface area contributed by atoms with E-state index in [0.29, 0.717) is 5.41 Å². The van der Waals surface area contributed by atoms with Crippen molar-refractivity contribution in [1.29, 1.82) is 0 Å². The van der Waals surface area contributed by atoms with Crippen LogP contribution in [-0.2, 0) is 0 Å². The number of nitrogens with one attached hydrogen (secondary N) is 1. The maximum Gasteiger partial charge on any atom is 0.151 e. The van der Waals surface area contributed by atoms with Gasteiger partial charge in [-0.25, -0.2) is 0 Å². The number of aryl methyl sites for hydroxylation is 1. The van der Waals surface area contributed by atoms with Gasteiger partial charge in [0.2, 0.25) is 0 Å². The Morgan fingerprint density at radius 2 is 2.24 bits per heavy atom. The second-order valence-electron chi connectivity index (χ2n) is 5.48. The van der Waals surface area contributed by atoms with E-state index in [2.05, 4.69) is 26.5 Å². The normalized spacial score (nSPS) is 28.9. The maximum atomic E-state index is 4.29. The summed E-state index contributed by atoms with van der Waals surface area (Å²) in [5, 5.41) is 12.0. The van der Waals surface area contributed by atoms with Gasteiger partial charge in [0.05, 0.1) is 5.69 Å². The van der Waals surface area contributed by atoms with Gasteiger partial charge in [-0.3, -0.25) is 0 Å². The molecule has 4 nitrogen and oxygen atoms in total. The Labute approximate surface area is 102 Å². The predicted molar refractivity (Wildman–Crippen MR) is 68.1 cm³/mol. The summed E-state index contributed by atoms with van der Waals surface area (Å²) in [7, 11) is 0. The summed E-state index contributed by atoms with van der Waals surface area (Å²) in [5.41, 5.74) is 1.48. The van der Waals surface area contributed by atoms with E-state index >= 15 is 0 Å². The Balaban J connectivity index is 1.72. The van der Waals surface area contributed by atoms with Crippen molar-refractivity contribution in [3.8, 4) is 0 Å². The van der Waals surface area contributed by atoms with Gasteiger partial charge < -0.3 is 10.2 Å². The minimum absolute atomic E-state index is 0.491. The first-order chi connectivity index (χ1) is 8.27. The number of nitrogens with zero attached hydrogens (tertiary/aromatic N) is 3. The van der Waals surface area contributed by atoms with Crippen LogP contribution in [0.25, 0.3) is 0 Å². The SMILES string of the molecule is Cc1ccc(N2CC[C@@]3(CCCNC3)C2)nn1. The van der Waals surface area contributed by atoms with Crippen molar-refractivity contribution < 1.29 is 0 Å². The van der Waals surface area contributed by atoms with Crippen molar-refractivity contribution in [2.75, 3.05) is 31.1 Å². The molecule has 17 heavy (non-hydrogen) atoms. The van der Waals surface area contributed by atoms with Crippen LogP contribution in [0.4, 0.5) is 5.82 Å². The van der Waals surface area contributed by atoms with Crippen molar-refractivity contribution in [1.82, 2.24) is 15.5 Å². The fourth-order valence-corrected chi connectivity index (χ4v) is 3.07.